The van der Waals surface area contributed by atoms with Crippen LogP contribution in [0.3, 0.4) is 0 Å². The Kier molecular flexibility index (Phi) is 8.34. The number of halogens is 1. The molecule has 0 aliphatic heterocycles. The first-order valence-corrected chi connectivity index (χ1v) is 12.1. The van der Waals surface area contributed by atoms with Gasteiger partial charge in [0.1, 0.15) is 11.6 Å². The topological polar surface area (TPSA) is 81.1 Å². The van der Waals surface area contributed by atoms with E-state index in [9.17, 15) is 9.18 Å². The number of carbonyl (C=O) groups excluding carboxylic acids is 1. The molecule has 4 aromatic rings. The zero-order valence-electron chi connectivity index (χ0n) is 19.3. The number of ether oxygens (including phenoxy) is 1. The summed E-state index contributed by atoms with van der Waals surface area (Å²) in [5.74, 6) is 1.73. The lowest BCUT2D eigenvalue weighted by Crippen LogP contribution is -2.23. The van der Waals surface area contributed by atoms with Crippen LogP contribution in [-0.2, 0) is 17.9 Å². The number of rotatable bonds is 11. The lowest BCUT2D eigenvalue weighted by atomic mass is 10.2. The Hall–Kier alpha value is -3.85. The molecule has 0 saturated carbocycles. The van der Waals surface area contributed by atoms with Crippen molar-refractivity contribution in [1.82, 2.24) is 20.1 Å². The summed E-state index contributed by atoms with van der Waals surface area (Å²) in [5, 5.41) is 15.7. The van der Waals surface area contributed by atoms with Crippen molar-refractivity contribution in [3.8, 4) is 11.4 Å². The molecule has 1 aromatic heterocycles. The van der Waals surface area contributed by atoms with Gasteiger partial charge >= 0.3 is 0 Å². The predicted molar refractivity (Wildman–Crippen MR) is 135 cm³/mol. The van der Waals surface area contributed by atoms with E-state index in [0.29, 0.717) is 30.4 Å². The van der Waals surface area contributed by atoms with Crippen LogP contribution >= 0.6 is 11.8 Å². The van der Waals surface area contributed by atoms with Crippen LogP contribution in [0.4, 0.5) is 10.1 Å². The molecule has 0 radical (unpaired) electrons. The Bertz CT molecular complexity index is 1230. The Labute approximate surface area is 207 Å². The van der Waals surface area contributed by atoms with Gasteiger partial charge in [-0.1, -0.05) is 42.1 Å². The van der Waals surface area contributed by atoms with Gasteiger partial charge in [-0.25, -0.2) is 4.39 Å². The van der Waals surface area contributed by atoms with Gasteiger partial charge in [0.2, 0.25) is 5.91 Å². The molecule has 0 unspecified atom stereocenters. The van der Waals surface area contributed by atoms with Crippen molar-refractivity contribution in [2.45, 2.75) is 24.7 Å². The van der Waals surface area contributed by atoms with E-state index < -0.39 is 0 Å². The van der Waals surface area contributed by atoms with Gasteiger partial charge in [0.05, 0.1) is 13.7 Å². The molecule has 7 nitrogen and oxygen atoms in total. The number of thioether (sulfide) groups is 1. The van der Waals surface area contributed by atoms with E-state index in [2.05, 4.69) is 20.8 Å². The van der Waals surface area contributed by atoms with E-state index in [0.717, 1.165) is 28.5 Å². The number of aromatic nitrogens is 3. The maximum Gasteiger partial charge on any atom is 0.221 e. The van der Waals surface area contributed by atoms with Crippen LogP contribution in [0.5, 0.6) is 5.75 Å². The van der Waals surface area contributed by atoms with E-state index in [4.69, 9.17) is 4.74 Å². The molecule has 0 aliphatic rings. The lowest BCUT2D eigenvalue weighted by Gasteiger charge is -2.12. The van der Waals surface area contributed by atoms with Crippen molar-refractivity contribution < 1.29 is 13.9 Å². The third-order valence-corrected chi connectivity index (χ3v) is 6.15. The summed E-state index contributed by atoms with van der Waals surface area (Å²) in [4.78, 5) is 12.3. The van der Waals surface area contributed by atoms with Crippen LogP contribution in [0.1, 0.15) is 17.8 Å². The van der Waals surface area contributed by atoms with E-state index in [-0.39, 0.29) is 11.7 Å². The van der Waals surface area contributed by atoms with E-state index in [1.54, 1.807) is 19.2 Å². The first-order valence-electron chi connectivity index (χ1n) is 11.1. The van der Waals surface area contributed by atoms with Crippen molar-refractivity contribution in [2.24, 2.45) is 0 Å². The molecule has 9 heteroatoms. The molecule has 0 fully saturated rings. The van der Waals surface area contributed by atoms with E-state index in [1.165, 1.54) is 23.9 Å². The first kappa shape index (κ1) is 24.3. The summed E-state index contributed by atoms with van der Waals surface area (Å²) in [7, 11) is 1.64. The molecule has 0 atom stereocenters. The zero-order valence-corrected chi connectivity index (χ0v) is 20.1. The average Bonchev–Trinajstić information content (AvgIpc) is 3.30. The molecule has 180 valence electrons. The minimum atomic E-state index is -0.294. The van der Waals surface area contributed by atoms with Crippen molar-refractivity contribution in [3.63, 3.8) is 0 Å². The fourth-order valence-electron chi connectivity index (χ4n) is 3.36. The number of para-hydroxylation sites is 1. The minimum absolute atomic E-state index is 0.0750. The molecule has 4 rings (SSSR count). The Balaban J connectivity index is 1.37. The van der Waals surface area contributed by atoms with Crippen molar-refractivity contribution in [1.29, 1.82) is 0 Å². The smallest absolute Gasteiger partial charge is 0.221 e. The Morgan fingerprint density at radius 1 is 0.971 bits per heavy atom. The molecule has 3 aromatic carbocycles. The predicted octanol–water partition coefficient (Wildman–Crippen LogP) is 4.83. The van der Waals surface area contributed by atoms with E-state index in [1.807, 2.05) is 59.2 Å². The molecule has 0 bridgehead atoms. The van der Waals surface area contributed by atoms with Crippen molar-refractivity contribution in [2.75, 3.05) is 18.2 Å². The monoisotopic (exact) mass is 491 g/mol. The number of nitrogens with one attached hydrogen (secondary N) is 2. The highest BCUT2D eigenvalue weighted by atomic mass is 32.2. The van der Waals surface area contributed by atoms with E-state index >= 15 is 0 Å². The number of carbonyl (C=O) groups is 1. The lowest BCUT2D eigenvalue weighted by molar-refractivity contribution is -0.120. The average molecular weight is 492 g/mol. The minimum Gasteiger partial charge on any atom is -0.497 e. The van der Waals surface area contributed by atoms with Crippen molar-refractivity contribution in [3.05, 3.63) is 96.1 Å². The van der Waals surface area contributed by atoms with Crippen LogP contribution in [0.2, 0.25) is 0 Å². The number of hydrogen-bond acceptors (Lipinski definition) is 6. The van der Waals surface area contributed by atoms with Crippen LogP contribution in [0.25, 0.3) is 5.69 Å². The Morgan fingerprint density at radius 3 is 2.43 bits per heavy atom. The van der Waals surface area contributed by atoms with Gasteiger partial charge < -0.3 is 15.4 Å². The van der Waals surface area contributed by atoms with Gasteiger partial charge in [-0.15, -0.1) is 10.2 Å². The highest BCUT2D eigenvalue weighted by Gasteiger charge is 2.15. The second kappa shape index (κ2) is 12.0. The number of methoxy groups -OCH3 is 1. The van der Waals surface area contributed by atoms with Crippen LogP contribution in [0, 0.1) is 5.82 Å². The maximum absolute atomic E-state index is 13.0. The first-order chi connectivity index (χ1) is 17.1. The zero-order chi connectivity index (χ0) is 24.5. The fraction of sp³-hybridized carbons (Fsp3) is 0.192. The molecule has 0 saturated heterocycles. The third kappa shape index (κ3) is 6.83. The standard InChI is InChI=1S/C26H26FN5O2S/c1-34-23-13-11-21(12-14-23)28-18-24-30-31-26(32(24)22-5-3-2-4-6-22)35-16-15-25(33)29-17-19-7-9-20(27)10-8-19/h2-14,28H,15-18H2,1H3,(H,29,33). The molecule has 35 heavy (non-hydrogen) atoms. The SMILES string of the molecule is COc1ccc(NCc2nnc(SCCC(=O)NCc3ccc(F)cc3)n2-c2ccccc2)cc1. The van der Waals surface area contributed by atoms with Gasteiger partial charge in [-0.05, 0) is 54.1 Å². The molecular formula is C26H26FN5O2S. The summed E-state index contributed by atoms with van der Waals surface area (Å²) < 4.78 is 20.2. The number of amides is 1. The number of hydrogen-bond donors (Lipinski definition) is 2. The van der Waals surface area contributed by atoms with Gasteiger partial charge in [0, 0.05) is 30.1 Å². The number of benzene rings is 3. The normalized spacial score (nSPS) is 10.7. The van der Waals surface area contributed by atoms with Crippen molar-refractivity contribution >= 4 is 23.4 Å². The summed E-state index contributed by atoms with van der Waals surface area (Å²) in [6, 6.07) is 23.7. The highest BCUT2D eigenvalue weighted by Crippen LogP contribution is 2.23. The Morgan fingerprint density at radius 2 is 1.71 bits per heavy atom. The quantitative estimate of drug-likeness (QED) is 0.293. The third-order valence-electron chi connectivity index (χ3n) is 5.22. The van der Waals surface area contributed by atoms with Gasteiger partial charge in [-0.3, -0.25) is 9.36 Å². The van der Waals surface area contributed by atoms with Crippen LogP contribution in [-0.4, -0.2) is 33.5 Å². The fourth-order valence-corrected chi connectivity index (χ4v) is 4.27. The summed E-state index contributed by atoms with van der Waals surface area (Å²) in [6.07, 6.45) is 0.326. The van der Waals surface area contributed by atoms with Gasteiger partial charge in [-0.2, -0.15) is 0 Å². The summed E-state index contributed by atoms with van der Waals surface area (Å²) in [6.45, 7) is 0.845. The molecule has 1 heterocycles. The van der Waals surface area contributed by atoms with Gasteiger partial charge in [0.25, 0.3) is 0 Å². The summed E-state index contributed by atoms with van der Waals surface area (Å²) in [5.41, 5.74) is 2.75. The number of nitrogens with zero attached hydrogens (tertiary/aromatic N) is 3. The summed E-state index contributed by atoms with van der Waals surface area (Å²) >= 11 is 1.48. The molecule has 0 spiro atoms. The molecule has 0 aliphatic carbocycles. The number of anilines is 1. The maximum atomic E-state index is 13.0. The van der Waals surface area contributed by atoms with Crippen LogP contribution < -0.4 is 15.4 Å². The van der Waals surface area contributed by atoms with Crippen LogP contribution in [0.15, 0.2) is 84.0 Å². The molecular weight excluding hydrogens is 465 g/mol. The second-order valence-electron chi connectivity index (χ2n) is 7.65. The largest absolute Gasteiger partial charge is 0.497 e. The molecule has 2 N–H and O–H groups in total. The highest BCUT2D eigenvalue weighted by molar-refractivity contribution is 7.99. The molecule has 1 amide bonds. The van der Waals surface area contributed by atoms with Gasteiger partial charge in [0.15, 0.2) is 11.0 Å². The second-order valence-corrected chi connectivity index (χ2v) is 8.72.